The Balaban J connectivity index is 1.28. The van der Waals surface area contributed by atoms with E-state index in [2.05, 4.69) is 21.0 Å². The fourth-order valence-corrected chi connectivity index (χ4v) is 4.93. The normalized spacial score (nSPS) is 22.9. The van der Waals surface area contributed by atoms with Crippen molar-refractivity contribution in [2.75, 3.05) is 6.54 Å². The van der Waals surface area contributed by atoms with Gasteiger partial charge in [-0.25, -0.2) is 0 Å². The van der Waals surface area contributed by atoms with Gasteiger partial charge < -0.3 is 5.32 Å². The van der Waals surface area contributed by atoms with Gasteiger partial charge in [0.05, 0.1) is 24.5 Å². The Kier molecular flexibility index (Phi) is 5.39. The van der Waals surface area contributed by atoms with E-state index in [1.54, 1.807) is 0 Å². The maximum atomic E-state index is 12.1. The Morgan fingerprint density at radius 3 is 2.64 bits per heavy atom. The molecule has 2 saturated carbocycles. The summed E-state index contributed by atoms with van der Waals surface area (Å²) >= 11 is 0. The van der Waals surface area contributed by atoms with Crippen molar-refractivity contribution in [1.82, 2.24) is 20.0 Å². The second kappa shape index (κ2) is 7.90. The van der Waals surface area contributed by atoms with Gasteiger partial charge in [0.1, 0.15) is 0 Å². The van der Waals surface area contributed by atoms with Gasteiger partial charge in [-0.15, -0.1) is 0 Å². The summed E-state index contributed by atoms with van der Waals surface area (Å²) in [5.41, 5.74) is 2.33. The summed E-state index contributed by atoms with van der Waals surface area (Å²) in [4.78, 5) is 14.8. The van der Waals surface area contributed by atoms with E-state index in [1.165, 1.54) is 63.5 Å². The Bertz CT molecular complexity index is 585. The molecule has 1 amide bonds. The molecule has 5 nitrogen and oxygen atoms in total. The van der Waals surface area contributed by atoms with E-state index in [0.29, 0.717) is 18.9 Å². The Hall–Kier alpha value is -1.36. The molecule has 1 aromatic rings. The fraction of sp³-hybridized carbons (Fsp3) is 0.800. The molecule has 0 bridgehead atoms. The lowest BCUT2D eigenvalue weighted by molar-refractivity contribution is -0.122. The molecule has 1 N–H and O–H groups in total. The second-order valence-electron chi connectivity index (χ2n) is 8.24. The first-order valence-corrected chi connectivity index (χ1v) is 10.3. The molecule has 138 valence electrons. The van der Waals surface area contributed by atoms with Crippen LogP contribution < -0.4 is 5.32 Å². The van der Waals surface area contributed by atoms with Gasteiger partial charge in [0, 0.05) is 25.6 Å². The van der Waals surface area contributed by atoms with Crippen molar-refractivity contribution in [3.63, 3.8) is 0 Å². The van der Waals surface area contributed by atoms with E-state index in [9.17, 15) is 4.79 Å². The monoisotopic (exact) mass is 344 g/mol. The topological polar surface area (TPSA) is 50.2 Å². The average molecular weight is 345 g/mol. The summed E-state index contributed by atoms with van der Waals surface area (Å²) in [7, 11) is 0. The molecule has 0 radical (unpaired) electrons. The molecule has 25 heavy (non-hydrogen) atoms. The fourth-order valence-electron chi connectivity index (χ4n) is 4.93. The number of aromatic nitrogens is 2. The molecule has 3 aliphatic rings. The number of amides is 1. The van der Waals surface area contributed by atoms with Crippen LogP contribution in [0.2, 0.25) is 0 Å². The first kappa shape index (κ1) is 17.1. The highest BCUT2D eigenvalue weighted by molar-refractivity contribution is 5.76. The van der Waals surface area contributed by atoms with Gasteiger partial charge in [-0.1, -0.05) is 32.1 Å². The van der Waals surface area contributed by atoms with E-state index in [0.717, 1.165) is 31.4 Å². The molecule has 2 aliphatic carbocycles. The van der Waals surface area contributed by atoms with Crippen LogP contribution in [0, 0.1) is 5.92 Å². The van der Waals surface area contributed by atoms with E-state index in [-0.39, 0.29) is 5.91 Å². The standard InChI is InChI=1S/C20H32N4O/c25-20(12-16-6-4-5-7-16)21-14-17-13-19-15-23(10-11-24(19)22-17)18-8-2-1-3-9-18/h13,16,18H,1-12,14-15H2,(H,21,25). The van der Waals surface area contributed by atoms with Gasteiger partial charge in [-0.05, 0) is 37.7 Å². The minimum absolute atomic E-state index is 0.196. The molecule has 5 heteroatoms. The predicted octanol–water partition coefficient (Wildman–Crippen LogP) is 3.23. The zero-order valence-electron chi connectivity index (χ0n) is 15.4. The van der Waals surface area contributed by atoms with Crippen LogP contribution in [0.4, 0.5) is 0 Å². The van der Waals surface area contributed by atoms with Crippen LogP contribution in [0.15, 0.2) is 6.07 Å². The van der Waals surface area contributed by atoms with Crippen LogP contribution in [-0.2, 0) is 24.4 Å². The molecule has 1 aromatic heterocycles. The molecule has 0 atom stereocenters. The predicted molar refractivity (Wildman–Crippen MR) is 97.9 cm³/mol. The lowest BCUT2D eigenvalue weighted by Crippen LogP contribution is -2.42. The van der Waals surface area contributed by atoms with E-state index >= 15 is 0 Å². The van der Waals surface area contributed by atoms with Crippen molar-refractivity contribution in [1.29, 1.82) is 0 Å². The van der Waals surface area contributed by atoms with Gasteiger partial charge in [0.25, 0.3) is 0 Å². The van der Waals surface area contributed by atoms with Crippen molar-refractivity contribution in [2.24, 2.45) is 5.92 Å². The number of carbonyl (C=O) groups is 1. The van der Waals surface area contributed by atoms with E-state index in [4.69, 9.17) is 5.10 Å². The quantitative estimate of drug-likeness (QED) is 0.892. The zero-order valence-corrected chi connectivity index (χ0v) is 15.4. The molecule has 0 aromatic carbocycles. The van der Waals surface area contributed by atoms with Gasteiger partial charge in [0.2, 0.25) is 5.91 Å². The number of rotatable bonds is 5. The summed E-state index contributed by atoms with van der Waals surface area (Å²) in [6.45, 7) is 3.71. The lowest BCUT2D eigenvalue weighted by atomic mass is 9.94. The molecule has 2 fully saturated rings. The highest BCUT2D eigenvalue weighted by Crippen LogP contribution is 2.28. The van der Waals surface area contributed by atoms with Crippen molar-refractivity contribution >= 4 is 5.91 Å². The van der Waals surface area contributed by atoms with Crippen molar-refractivity contribution in [3.05, 3.63) is 17.5 Å². The van der Waals surface area contributed by atoms with Crippen molar-refractivity contribution in [2.45, 2.75) is 89.9 Å². The Morgan fingerprint density at radius 1 is 1.08 bits per heavy atom. The van der Waals surface area contributed by atoms with E-state index < -0.39 is 0 Å². The molecule has 2 heterocycles. The summed E-state index contributed by atoms with van der Waals surface area (Å²) in [5, 5.41) is 7.79. The molecular weight excluding hydrogens is 312 g/mol. The van der Waals surface area contributed by atoms with Gasteiger partial charge in [0.15, 0.2) is 0 Å². The largest absolute Gasteiger partial charge is 0.350 e. The highest BCUT2D eigenvalue weighted by Gasteiger charge is 2.26. The maximum absolute atomic E-state index is 12.1. The third-order valence-corrected chi connectivity index (χ3v) is 6.38. The summed E-state index contributed by atoms with van der Waals surface area (Å²) in [6.07, 6.45) is 12.6. The van der Waals surface area contributed by atoms with Crippen LogP contribution >= 0.6 is 0 Å². The number of nitrogens with one attached hydrogen (secondary N) is 1. The van der Waals surface area contributed by atoms with Crippen molar-refractivity contribution in [3.8, 4) is 0 Å². The highest BCUT2D eigenvalue weighted by atomic mass is 16.1. The second-order valence-corrected chi connectivity index (χ2v) is 8.24. The van der Waals surface area contributed by atoms with Crippen molar-refractivity contribution < 1.29 is 4.79 Å². The molecule has 0 unspecified atom stereocenters. The van der Waals surface area contributed by atoms with Gasteiger partial charge in [-0.3, -0.25) is 14.4 Å². The molecule has 1 aliphatic heterocycles. The summed E-state index contributed by atoms with van der Waals surface area (Å²) in [5.74, 6) is 0.806. The van der Waals surface area contributed by atoms with Gasteiger partial charge in [-0.2, -0.15) is 5.10 Å². The smallest absolute Gasteiger partial charge is 0.220 e. The zero-order chi connectivity index (χ0) is 17.1. The number of hydrogen-bond acceptors (Lipinski definition) is 3. The van der Waals surface area contributed by atoms with Gasteiger partial charge >= 0.3 is 0 Å². The van der Waals surface area contributed by atoms with Crippen LogP contribution in [-0.4, -0.2) is 33.2 Å². The van der Waals surface area contributed by atoms with Crippen LogP contribution in [0.3, 0.4) is 0 Å². The lowest BCUT2D eigenvalue weighted by Gasteiger charge is -2.36. The number of fused-ring (bicyclic) bond motifs is 1. The minimum Gasteiger partial charge on any atom is -0.350 e. The average Bonchev–Trinajstić information content (AvgIpc) is 3.29. The maximum Gasteiger partial charge on any atom is 0.220 e. The number of carbonyl (C=O) groups excluding carboxylic acids is 1. The minimum atomic E-state index is 0.196. The van der Waals surface area contributed by atoms with Crippen LogP contribution in [0.1, 0.15) is 75.6 Å². The van der Waals surface area contributed by atoms with Crippen LogP contribution in [0.25, 0.3) is 0 Å². The van der Waals surface area contributed by atoms with E-state index in [1.807, 2.05) is 0 Å². The summed E-state index contributed by atoms with van der Waals surface area (Å²) < 4.78 is 2.15. The molecule has 0 spiro atoms. The number of hydrogen-bond donors (Lipinski definition) is 1. The SMILES string of the molecule is O=C(CC1CCCC1)NCc1cc2n(n1)CCN(C1CCCCC1)C2. The molecular formula is C20H32N4O. The third-order valence-electron chi connectivity index (χ3n) is 6.38. The Labute approximate surface area is 151 Å². The van der Waals surface area contributed by atoms with Crippen LogP contribution in [0.5, 0.6) is 0 Å². The molecule has 0 saturated heterocycles. The first-order chi connectivity index (χ1) is 12.3. The Morgan fingerprint density at radius 2 is 1.84 bits per heavy atom. The third kappa shape index (κ3) is 4.25. The molecule has 4 rings (SSSR count). The first-order valence-electron chi connectivity index (χ1n) is 10.3. The number of nitrogens with zero attached hydrogens (tertiary/aromatic N) is 3. The summed E-state index contributed by atoms with van der Waals surface area (Å²) in [6, 6.07) is 2.97.